The van der Waals surface area contributed by atoms with Crippen LogP contribution >= 0.6 is 0 Å². The van der Waals surface area contributed by atoms with Crippen molar-refractivity contribution in [3.63, 3.8) is 0 Å². The Bertz CT molecular complexity index is 364. The second-order valence-corrected chi connectivity index (χ2v) is 5.12. The molecule has 100 valence electrons. The predicted molar refractivity (Wildman–Crippen MR) is 73.6 cm³/mol. The highest BCUT2D eigenvalue weighted by molar-refractivity contribution is 5.29. The van der Waals surface area contributed by atoms with E-state index in [0.717, 1.165) is 24.6 Å². The van der Waals surface area contributed by atoms with Crippen molar-refractivity contribution in [1.29, 1.82) is 0 Å². The number of likely N-dealkylation sites (N-methyl/N-ethyl adjacent to an activating group) is 2. The molecule has 5 nitrogen and oxygen atoms in total. The number of aromatic nitrogens is 2. The molecule has 18 heavy (non-hydrogen) atoms. The molecule has 1 unspecified atom stereocenters. The molecule has 0 saturated carbocycles. The minimum absolute atomic E-state index is 0.634. The molecule has 1 N–H and O–H groups in total. The van der Waals surface area contributed by atoms with Gasteiger partial charge in [-0.3, -0.25) is 9.88 Å². The molecule has 1 aliphatic heterocycles. The number of piperidine rings is 1. The Morgan fingerprint density at radius 3 is 2.89 bits per heavy atom. The Hall–Kier alpha value is -1.20. The standard InChI is InChI=1S/C13H23N5/c1-14-13-8-15-11(7-16-13)9-18(3)12-5-4-6-17(2)10-12/h7-8,12H,4-6,9-10H2,1-3H3,(H,14,16). The van der Waals surface area contributed by atoms with Crippen LogP contribution in [-0.2, 0) is 6.54 Å². The van der Waals surface area contributed by atoms with Gasteiger partial charge in [0.25, 0.3) is 0 Å². The highest BCUT2D eigenvalue weighted by atomic mass is 15.2. The van der Waals surface area contributed by atoms with Crippen molar-refractivity contribution < 1.29 is 0 Å². The molecule has 2 rings (SSSR count). The van der Waals surface area contributed by atoms with Gasteiger partial charge in [-0.05, 0) is 33.5 Å². The lowest BCUT2D eigenvalue weighted by atomic mass is 10.1. The van der Waals surface area contributed by atoms with Gasteiger partial charge in [0.2, 0.25) is 0 Å². The van der Waals surface area contributed by atoms with E-state index in [1.807, 2.05) is 13.2 Å². The summed E-state index contributed by atoms with van der Waals surface area (Å²) in [4.78, 5) is 13.5. The molecule has 5 heteroatoms. The minimum atomic E-state index is 0.634. The van der Waals surface area contributed by atoms with Gasteiger partial charge in [-0.1, -0.05) is 0 Å². The first-order valence-corrected chi connectivity index (χ1v) is 6.56. The van der Waals surface area contributed by atoms with Gasteiger partial charge in [0.15, 0.2) is 0 Å². The molecule has 0 radical (unpaired) electrons. The van der Waals surface area contributed by atoms with Crippen molar-refractivity contribution in [1.82, 2.24) is 19.8 Å². The molecule has 0 aromatic carbocycles. The maximum Gasteiger partial charge on any atom is 0.144 e. The fraction of sp³-hybridized carbons (Fsp3) is 0.692. The van der Waals surface area contributed by atoms with Crippen LogP contribution in [0.5, 0.6) is 0 Å². The molecule has 1 aromatic rings. The van der Waals surface area contributed by atoms with Crippen LogP contribution in [0.4, 0.5) is 5.82 Å². The van der Waals surface area contributed by atoms with Gasteiger partial charge in [-0.2, -0.15) is 0 Å². The molecule has 1 saturated heterocycles. The molecule has 0 spiro atoms. The van der Waals surface area contributed by atoms with E-state index < -0.39 is 0 Å². The summed E-state index contributed by atoms with van der Waals surface area (Å²) in [7, 11) is 6.23. The third-order valence-corrected chi connectivity index (χ3v) is 3.60. The van der Waals surface area contributed by atoms with Gasteiger partial charge in [0.1, 0.15) is 5.82 Å². The Kier molecular flexibility index (Phi) is 4.49. The molecule has 1 atom stereocenters. The Balaban J connectivity index is 1.91. The molecule has 1 aromatic heterocycles. The molecule has 1 aliphatic rings. The van der Waals surface area contributed by atoms with Gasteiger partial charge in [-0.15, -0.1) is 0 Å². The van der Waals surface area contributed by atoms with E-state index in [4.69, 9.17) is 0 Å². The number of nitrogens with zero attached hydrogens (tertiary/aromatic N) is 4. The van der Waals surface area contributed by atoms with E-state index in [1.54, 1.807) is 6.20 Å². The zero-order chi connectivity index (χ0) is 13.0. The van der Waals surface area contributed by atoms with Crippen LogP contribution in [0, 0.1) is 0 Å². The van der Waals surface area contributed by atoms with Crippen LogP contribution in [0.15, 0.2) is 12.4 Å². The third-order valence-electron chi connectivity index (χ3n) is 3.60. The fourth-order valence-electron chi connectivity index (χ4n) is 2.45. The van der Waals surface area contributed by atoms with Crippen LogP contribution in [0.25, 0.3) is 0 Å². The average Bonchev–Trinajstić information content (AvgIpc) is 2.39. The van der Waals surface area contributed by atoms with Crippen LogP contribution in [0.1, 0.15) is 18.5 Å². The summed E-state index contributed by atoms with van der Waals surface area (Å²) in [6, 6.07) is 0.634. The monoisotopic (exact) mass is 249 g/mol. The largest absolute Gasteiger partial charge is 0.372 e. The van der Waals surface area contributed by atoms with Crippen molar-refractivity contribution >= 4 is 5.82 Å². The predicted octanol–water partition coefficient (Wildman–Crippen LogP) is 1.04. The second kappa shape index (κ2) is 6.11. The summed E-state index contributed by atoms with van der Waals surface area (Å²) in [5, 5.41) is 2.98. The Morgan fingerprint density at radius 2 is 2.28 bits per heavy atom. The summed E-state index contributed by atoms with van der Waals surface area (Å²) < 4.78 is 0. The number of nitrogens with one attached hydrogen (secondary N) is 1. The van der Waals surface area contributed by atoms with Crippen LogP contribution in [0.2, 0.25) is 0 Å². The molecular weight excluding hydrogens is 226 g/mol. The van der Waals surface area contributed by atoms with E-state index in [-0.39, 0.29) is 0 Å². The lowest BCUT2D eigenvalue weighted by molar-refractivity contribution is 0.128. The zero-order valence-corrected chi connectivity index (χ0v) is 11.6. The first-order chi connectivity index (χ1) is 8.69. The maximum absolute atomic E-state index is 4.42. The SMILES string of the molecule is CNc1cnc(CN(C)C2CCCN(C)C2)cn1. The Labute approximate surface area is 109 Å². The van der Waals surface area contributed by atoms with Gasteiger partial charge in [0, 0.05) is 26.2 Å². The van der Waals surface area contributed by atoms with Crippen molar-refractivity contribution in [3.05, 3.63) is 18.1 Å². The average molecular weight is 249 g/mol. The lowest BCUT2D eigenvalue weighted by Crippen LogP contribution is -2.44. The molecule has 0 aliphatic carbocycles. The number of rotatable bonds is 4. The molecule has 2 heterocycles. The topological polar surface area (TPSA) is 44.3 Å². The highest BCUT2D eigenvalue weighted by Crippen LogP contribution is 2.15. The molecule has 0 bridgehead atoms. The second-order valence-electron chi connectivity index (χ2n) is 5.12. The quantitative estimate of drug-likeness (QED) is 0.864. The van der Waals surface area contributed by atoms with Gasteiger partial charge in [-0.25, -0.2) is 4.98 Å². The van der Waals surface area contributed by atoms with E-state index >= 15 is 0 Å². The summed E-state index contributed by atoms with van der Waals surface area (Å²) >= 11 is 0. The number of anilines is 1. The lowest BCUT2D eigenvalue weighted by Gasteiger charge is -2.35. The summed E-state index contributed by atoms with van der Waals surface area (Å²) in [6.45, 7) is 3.25. The summed E-state index contributed by atoms with van der Waals surface area (Å²) in [5.41, 5.74) is 1.03. The maximum atomic E-state index is 4.42. The van der Waals surface area contributed by atoms with Crippen LogP contribution in [0.3, 0.4) is 0 Å². The third kappa shape index (κ3) is 3.40. The number of likely N-dealkylation sites (tertiary alicyclic amines) is 1. The number of hydrogen-bond donors (Lipinski definition) is 1. The van der Waals surface area contributed by atoms with E-state index in [9.17, 15) is 0 Å². The number of hydrogen-bond acceptors (Lipinski definition) is 5. The molecular formula is C13H23N5. The normalized spacial score (nSPS) is 21.2. The highest BCUT2D eigenvalue weighted by Gasteiger charge is 2.21. The zero-order valence-electron chi connectivity index (χ0n) is 11.6. The first kappa shape index (κ1) is 13.2. The van der Waals surface area contributed by atoms with Crippen molar-refractivity contribution in [2.45, 2.75) is 25.4 Å². The van der Waals surface area contributed by atoms with Crippen LogP contribution < -0.4 is 5.32 Å². The summed E-state index contributed by atoms with van der Waals surface area (Å²) in [6.07, 6.45) is 6.21. The van der Waals surface area contributed by atoms with E-state index in [1.165, 1.54) is 19.4 Å². The van der Waals surface area contributed by atoms with Crippen LogP contribution in [-0.4, -0.2) is 60.0 Å². The summed E-state index contributed by atoms with van der Waals surface area (Å²) in [5.74, 6) is 0.818. The molecule has 1 fully saturated rings. The van der Waals surface area contributed by atoms with Crippen molar-refractivity contribution in [3.8, 4) is 0 Å². The molecule has 0 amide bonds. The minimum Gasteiger partial charge on any atom is -0.372 e. The van der Waals surface area contributed by atoms with E-state index in [2.05, 4.69) is 39.2 Å². The van der Waals surface area contributed by atoms with Crippen molar-refractivity contribution in [2.75, 3.05) is 39.5 Å². The van der Waals surface area contributed by atoms with Gasteiger partial charge >= 0.3 is 0 Å². The van der Waals surface area contributed by atoms with Crippen molar-refractivity contribution in [2.24, 2.45) is 0 Å². The van der Waals surface area contributed by atoms with Gasteiger partial charge in [0.05, 0.1) is 18.1 Å². The smallest absolute Gasteiger partial charge is 0.144 e. The first-order valence-electron chi connectivity index (χ1n) is 6.56. The van der Waals surface area contributed by atoms with Gasteiger partial charge < -0.3 is 10.2 Å². The fourth-order valence-corrected chi connectivity index (χ4v) is 2.45. The Morgan fingerprint density at radius 1 is 1.44 bits per heavy atom. The van der Waals surface area contributed by atoms with E-state index in [0.29, 0.717) is 6.04 Å².